The summed E-state index contributed by atoms with van der Waals surface area (Å²) in [6.45, 7) is 0.639. The predicted octanol–water partition coefficient (Wildman–Crippen LogP) is 1.42. The van der Waals surface area contributed by atoms with Crippen molar-refractivity contribution < 1.29 is 29.3 Å². The van der Waals surface area contributed by atoms with E-state index >= 15 is 0 Å². The molecule has 0 saturated carbocycles. The molecule has 2 amide bonds. The zero-order chi connectivity index (χ0) is 16.9. The average Bonchev–Trinajstić information content (AvgIpc) is 2.46. The summed E-state index contributed by atoms with van der Waals surface area (Å²) in [6.07, 6.45) is 0. The Morgan fingerprint density at radius 1 is 1.27 bits per heavy atom. The molecule has 9 heteroatoms. The van der Waals surface area contributed by atoms with Crippen molar-refractivity contribution in [1.29, 1.82) is 0 Å². The van der Waals surface area contributed by atoms with Crippen molar-refractivity contribution in [3.63, 3.8) is 0 Å². The number of carbonyl (C=O) groups excluding carboxylic acids is 1. The molecule has 22 heavy (non-hydrogen) atoms. The first-order valence-corrected chi connectivity index (χ1v) is 6.92. The number of carbonyl (C=O) groups is 2. The van der Waals surface area contributed by atoms with Crippen LogP contribution >= 0.6 is 15.9 Å². The highest BCUT2D eigenvalue weighted by Gasteiger charge is 2.30. The van der Waals surface area contributed by atoms with Gasteiger partial charge in [0.2, 0.25) is 0 Å². The minimum Gasteiger partial charge on any atom is -0.495 e. The first-order chi connectivity index (χ1) is 10.2. The maximum atomic E-state index is 11.7. The minimum absolute atomic E-state index is 0.379. The molecule has 0 heterocycles. The van der Waals surface area contributed by atoms with Gasteiger partial charge in [-0.2, -0.15) is 0 Å². The Morgan fingerprint density at radius 3 is 2.18 bits per heavy atom. The molecule has 0 bridgehead atoms. The highest BCUT2D eigenvalue weighted by molar-refractivity contribution is 9.10. The number of urea groups is 1. The summed E-state index contributed by atoms with van der Waals surface area (Å²) in [5.41, 5.74) is -1.67. The highest BCUT2D eigenvalue weighted by atomic mass is 79.9. The van der Waals surface area contributed by atoms with E-state index < -0.39 is 24.1 Å². The van der Waals surface area contributed by atoms with E-state index in [9.17, 15) is 14.7 Å². The second-order valence-electron chi connectivity index (χ2n) is 4.58. The summed E-state index contributed by atoms with van der Waals surface area (Å²) in [6, 6.07) is 2.44. The number of carboxylic acid groups (broad SMARTS) is 1. The van der Waals surface area contributed by atoms with Crippen molar-refractivity contribution in [3.8, 4) is 11.5 Å². The van der Waals surface area contributed by atoms with Crippen LogP contribution in [0.15, 0.2) is 16.6 Å². The first kappa shape index (κ1) is 18.1. The van der Waals surface area contributed by atoms with Gasteiger partial charge < -0.3 is 30.3 Å². The Bertz CT molecular complexity index is 551. The van der Waals surface area contributed by atoms with Crippen LogP contribution in [-0.4, -0.2) is 48.6 Å². The summed E-state index contributed by atoms with van der Waals surface area (Å²) in [5.74, 6) is -0.529. The smallest absolute Gasteiger partial charge is 0.337 e. The second kappa shape index (κ2) is 7.32. The Kier molecular flexibility index (Phi) is 6.01. The third kappa shape index (κ3) is 4.50. The molecule has 1 aromatic carbocycles. The number of aliphatic hydroxyl groups is 1. The quantitative estimate of drug-likeness (QED) is 0.596. The SMILES string of the molecule is COc1cc(NC(=O)NCC(C)(O)C(=O)O)cc(OC)c1Br. The molecule has 0 saturated heterocycles. The van der Waals surface area contributed by atoms with E-state index in [0.717, 1.165) is 6.92 Å². The molecule has 0 spiro atoms. The van der Waals surface area contributed by atoms with Crippen LogP contribution in [0.2, 0.25) is 0 Å². The number of hydrogen-bond acceptors (Lipinski definition) is 5. The molecule has 1 rings (SSSR count). The fourth-order valence-electron chi connectivity index (χ4n) is 1.44. The summed E-state index contributed by atoms with van der Waals surface area (Å²) < 4.78 is 10.9. The van der Waals surface area contributed by atoms with E-state index in [2.05, 4.69) is 26.6 Å². The van der Waals surface area contributed by atoms with Gasteiger partial charge >= 0.3 is 12.0 Å². The number of methoxy groups -OCH3 is 2. The fourth-order valence-corrected chi connectivity index (χ4v) is 2.00. The molecule has 0 fully saturated rings. The van der Waals surface area contributed by atoms with E-state index in [1.807, 2.05) is 0 Å². The van der Waals surface area contributed by atoms with Gasteiger partial charge in [0, 0.05) is 17.8 Å². The molecule has 1 unspecified atom stereocenters. The van der Waals surface area contributed by atoms with Crippen LogP contribution in [0.4, 0.5) is 10.5 Å². The molecule has 0 aromatic heterocycles. The molecule has 8 nitrogen and oxygen atoms in total. The van der Waals surface area contributed by atoms with E-state index in [4.69, 9.17) is 14.6 Å². The third-order valence-corrected chi connectivity index (χ3v) is 3.54. The number of aliphatic carboxylic acids is 1. The Balaban J connectivity index is 2.78. The molecule has 1 atom stereocenters. The Labute approximate surface area is 135 Å². The second-order valence-corrected chi connectivity index (χ2v) is 5.37. The van der Waals surface area contributed by atoms with Gasteiger partial charge in [-0.3, -0.25) is 0 Å². The molecule has 0 radical (unpaired) electrons. The van der Waals surface area contributed by atoms with Crippen LogP contribution in [0.25, 0.3) is 0 Å². The summed E-state index contributed by atoms with van der Waals surface area (Å²) >= 11 is 3.30. The molecule has 0 aliphatic heterocycles. The average molecular weight is 377 g/mol. The number of benzene rings is 1. The fraction of sp³-hybridized carbons (Fsp3) is 0.385. The highest BCUT2D eigenvalue weighted by Crippen LogP contribution is 2.37. The van der Waals surface area contributed by atoms with Gasteiger partial charge in [-0.15, -0.1) is 0 Å². The number of anilines is 1. The lowest BCUT2D eigenvalue weighted by molar-refractivity contribution is -0.155. The molecule has 4 N–H and O–H groups in total. The van der Waals surface area contributed by atoms with Crippen molar-refractivity contribution >= 4 is 33.6 Å². The largest absolute Gasteiger partial charge is 0.495 e. The molecule has 0 aliphatic rings. The Hall–Kier alpha value is -2.00. The minimum atomic E-state index is -2.05. The van der Waals surface area contributed by atoms with Crippen molar-refractivity contribution in [2.24, 2.45) is 0 Å². The molecule has 122 valence electrons. The number of rotatable bonds is 6. The topological polar surface area (TPSA) is 117 Å². The normalized spacial score (nSPS) is 13.0. The maximum Gasteiger partial charge on any atom is 0.337 e. The van der Waals surface area contributed by atoms with Crippen LogP contribution in [-0.2, 0) is 4.79 Å². The van der Waals surface area contributed by atoms with E-state index in [1.54, 1.807) is 12.1 Å². The van der Waals surface area contributed by atoms with Crippen molar-refractivity contribution in [2.75, 3.05) is 26.1 Å². The van der Waals surface area contributed by atoms with E-state index in [-0.39, 0.29) is 0 Å². The number of hydrogen-bond donors (Lipinski definition) is 4. The predicted molar refractivity (Wildman–Crippen MR) is 82.5 cm³/mol. The number of carboxylic acids is 1. The van der Waals surface area contributed by atoms with Gasteiger partial charge in [0.1, 0.15) is 16.0 Å². The number of ether oxygens (including phenoxy) is 2. The van der Waals surface area contributed by atoms with Gasteiger partial charge in [0.05, 0.1) is 20.8 Å². The van der Waals surface area contributed by atoms with Gasteiger partial charge in [-0.05, 0) is 22.9 Å². The number of amides is 2. The standard InChI is InChI=1S/C13H17BrN2O6/c1-13(20,11(17)18)6-15-12(19)16-7-4-8(21-2)10(14)9(5-7)22-3/h4-5,20H,6H2,1-3H3,(H,17,18)(H2,15,16,19). The summed E-state index contributed by atoms with van der Waals surface area (Å²) in [7, 11) is 2.93. The zero-order valence-electron chi connectivity index (χ0n) is 12.3. The lowest BCUT2D eigenvalue weighted by atomic mass is 10.1. The molecule has 1 aromatic rings. The lowest BCUT2D eigenvalue weighted by Crippen LogP contribution is -2.47. The first-order valence-electron chi connectivity index (χ1n) is 6.13. The maximum absolute atomic E-state index is 11.7. The van der Waals surface area contributed by atoms with Crippen LogP contribution in [0, 0.1) is 0 Å². The Morgan fingerprint density at radius 2 is 1.77 bits per heavy atom. The lowest BCUT2D eigenvalue weighted by Gasteiger charge is -2.18. The third-order valence-electron chi connectivity index (χ3n) is 2.76. The zero-order valence-corrected chi connectivity index (χ0v) is 13.9. The van der Waals surface area contributed by atoms with Crippen molar-refractivity contribution in [1.82, 2.24) is 5.32 Å². The van der Waals surface area contributed by atoms with Crippen LogP contribution in [0.3, 0.4) is 0 Å². The van der Waals surface area contributed by atoms with Gasteiger partial charge in [-0.1, -0.05) is 0 Å². The molecular weight excluding hydrogens is 360 g/mol. The molecule has 0 aliphatic carbocycles. The van der Waals surface area contributed by atoms with Gasteiger partial charge in [0.25, 0.3) is 0 Å². The van der Waals surface area contributed by atoms with Gasteiger partial charge in [-0.25, -0.2) is 9.59 Å². The van der Waals surface area contributed by atoms with Crippen molar-refractivity contribution in [2.45, 2.75) is 12.5 Å². The van der Waals surface area contributed by atoms with Crippen LogP contribution < -0.4 is 20.1 Å². The van der Waals surface area contributed by atoms with Crippen LogP contribution in [0.5, 0.6) is 11.5 Å². The van der Waals surface area contributed by atoms with Crippen LogP contribution in [0.1, 0.15) is 6.92 Å². The molecular formula is C13H17BrN2O6. The van der Waals surface area contributed by atoms with Crippen molar-refractivity contribution in [3.05, 3.63) is 16.6 Å². The van der Waals surface area contributed by atoms with Gasteiger partial charge in [0.15, 0.2) is 5.60 Å². The van der Waals surface area contributed by atoms with E-state index in [1.165, 1.54) is 14.2 Å². The number of halogens is 1. The summed E-state index contributed by atoms with van der Waals surface area (Å²) in [4.78, 5) is 22.5. The van der Waals surface area contributed by atoms with E-state index in [0.29, 0.717) is 21.7 Å². The monoisotopic (exact) mass is 376 g/mol. The summed E-state index contributed by atoms with van der Waals surface area (Å²) in [5, 5.41) is 23.0. The number of nitrogens with one attached hydrogen (secondary N) is 2.